The number of piperidine rings is 1. The summed E-state index contributed by atoms with van der Waals surface area (Å²) in [5.74, 6) is 2.55. The molecule has 1 aromatic rings. The van der Waals surface area contributed by atoms with Gasteiger partial charge in [0.25, 0.3) is 0 Å². The first-order valence-corrected chi connectivity index (χ1v) is 9.74. The van der Waals surface area contributed by atoms with Gasteiger partial charge in [0.1, 0.15) is 0 Å². The minimum Gasteiger partial charge on any atom is -0.385 e. The van der Waals surface area contributed by atoms with Crippen molar-refractivity contribution in [2.24, 2.45) is 23.2 Å². The second-order valence-electron chi connectivity index (χ2n) is 8.67. The maximum absolute atomic E-state index is 12.0. The minimum absolute atomic E-state index is 0.231. The van der Waals surface area contributed by atoms with Gasteiger partial charge in [0.15, 0.2) is 0 Å². The van der Waals surface area contributed by atoms with Crippen LogP contribution < -0.4 is 0 Å². The van der Waals surface area contributed by atoms with Crippen LogP contribution in [0.1, 0.15) is 50.5 Å². The molecule has 3 atom stereocenters. The van der Waals surface area contributed by atoms with Crippen molar-refractivity contribution in [2.75, 3.05) is 19.6 Å². The molecule has 1 aromatic carbocycles. The van der Waals surface area contributed by atoms with Crippen LogP contribution in [0.25, 0.3) is 0 Å². The molecule has 0 aromatic heterocycles. The van der Waals surface area contributed by atoms with Gasteiger partial charge in [0.2, 0.25) is 0 Å². The van der Waals surface area contributed by atoms with E-state index >= 15 is 0 Å². The molecule has 2 nitrogen and oxygen atoms in total. The van der Waals surface area contributed by atoms with Gasteiger partial charge in [-0.05, 0) is 74.9 Å². The summed E-state index contributed by atoms with van der Waals surface area (Å²) in [7, 11) is 0. The van der Waals surface area contributed by atoms with E-state index in [0.717, 1.165) is 30.7 Å². The number of aliphatic hydroxyl groups is 1. The van der Waals surface area contributed by atoms with Gasteiger partial charge in [0.05, 0.1) is 5.60 Å². The van der Waals surface area contributed by atoms with Crippen molar-refractivity contribution in [1.82, 2.24) is 4.90 Å². The Labute approximate surface area is 139 Å². The highest BCUT2D eigenvalue weighted by atomic mass is 16.3. The van der Waals surface area contributed by atoms with Crippen LogP contribution in [0.3, 0.4) is 0 Å². The largest absolute Gasteiger partial charge is 0.385 e. The summed E-state index contributed by atoms with van der Waals surface area (Å²) in [4.78, 5) is 2.59. The molecule has 5 aliphatic rings. The van der Waals surface area contributed by atoms with Crippen LogP contribution in [0, 0.1) is 23.2 Å². The third-order valence-corrected chi connectivity index (χ3v) is 7.76. The fraction of sp³-hybridized carbons (Fsp3) is 0.714. The van der Waals surface area contributed by atoms with Gasteiger partial charge in [-0.2, -0.15) is 0 Å². The number of hydrogen-bond acceptors (Lipinski definition) is 2. The van der Waals surface area contributed by atoms with Crippen LogP contribution in [-0.4, -0.2) is 29.6 Å². The monoisotopic (exact) mass is 311 g/mol. The maximum atomic E-state index is 12.0. The number of hydrogen-bond donors (Lipinski definition) is 1. The first kappa shape index (κ1) is 14.5. The zero-order chi connectivity index (χ0) is 15.5. The van der Waals surface area contributed by atoms with Crippen LogP contribution in [0.2, 0.25) is 0 Å². The van der Waals surface area contributed by atoms with Crippen molar-refractivity contribution in [1.29, 1.82) is 0 Å². The van der Waals surface area contributed by atoms with E-state index in [1.807, 2.05) is 0 Å². The predicted octanol–water partition coefficient (Wildman–Crippen LogP) is 3.80. The topological polar surface area (TPSA) is 23.5 Å². The van der Waals surface area contributed by atoms with Crippen molar-refractivity contribution in [3.8, 4) is 0 Å². The van der Waals surface area contributed by atoms with Gasteiger partial charge in [-0.3, -0.25) is 0 Å². The van der Waals surface area contributed by atoms with Crippen molar-refractivity contribution in [3.63, 3.8) is 0 Å². The summed E-state index contributed by atoms with van der Waals surface area (Å²) in [5, 5.41) is 12.0. The highest BCUT2D eigenvalue weighted by molar-refractivity contribution is 5.36. The third kappa shape index (κ3) is 1.94. The Morgan fingerprint density at radius 3 is 2.35 bits per heavy atom. The molecular weight excluding hydrogens is 282 g/mol. The van der Waals surface area contributed by atoms with E-state index in [1.54, 1.807) is 0 Å². The fourth-order valence-corrected chi connectivity index (χ4v) is 6.76. The normalized spacial score (nSPS) is 41.0. The van der Waals surface area contributed by atoms with E-state index in [1.165, 1.54) is 57.2 Å². The van der Waals surface area contributed by atoms with Crippen LogP contribution in [0.5, 0.6) is 0 Å². The first-order valence-electron chi connectivity index (χ1n) is 9.74. The van der Waals surface area contributed by atoms with Gasteiger partial charge in [0, 0.05) is 12.0 Å². The van der Waals surface area contributed by atoms with E-state index in [0.29, 0.717) is 0 Å². The Morgan fingerprint density at radius 2 is 1.74 bits per heavy atom. The Bertz CT molecular complexity index is 567. The molecule has 0 amide bonds. The van der Waals surface area contributed by atoms with Gasteiger partial charge < -0.3 is 10.0 Å². The zero-order valence-electron chi connectivity index (χ0n) is 14.1. The molecule has 1 N–H and O–H groups in total. The lowest BCUT2D eigenvalue weighted by Crippen LogP contribution is -2.42. The molecule has 0 spiro atoms. The molecule has 4 aliphatic carbocycles. The van der Waals surface area contributed by atoms with Crippen LogP contribution in [-0.2, 0) is 5.60 Å². The molecule has 2 heteroatoms. The molecule has 124 valence electrons. The van der Waals surface area contributed by atoms with Crippen LogP contribution in [0.15, 0.2) is 30.3 Å². The number of nitrogens with zero attached hydrogens (tertiary/aromatic N) is 1. The smallest absolute Gasteiger partial charge is 0.0970 e. The second kappa shape index (κ2) is 5.07. The molecule has 3 unspecified atom stereocenters. The molecule has 5 fully saturated rings. The van der Waals surface area contributed by atoms with Gasteiger partial charge >= 0.3 is 0 Å². The summed E-state index contributed by atoms with van der Waals surface area (Å²) in [6, 6.07) is 10.6. The number of likely N-dealkylation sites (tertiary alicyclic amines) is 1. The first-order chi connectivity index (χ1) is 11.2. The maximum Gasteiger partial charge on any atom is 0.0970 e. The molecule has 0 radical (unpaired) electrons. The lowest BCUT2D eigenvalue weighted by atomic mass is 9.74. The quantitative estimate of drug-likeness (QED) is 0.894. The molecule has 23 heavy (non-hydrogen) atoms. The lowest BCUT2D eigenvalue weighted by molar-refractivity contribution is -0.0595. The predicted molar refractivity (Wildman–Crippen MR) is 92.0 cm³/mol. The van der Waals surface area contributed by atoms with Gasteiger partial charge in [-0.1, -0.05) is 36.8 Å². The Morgan fingerprint density at radius 1 is 1.04 bits per heavy atom. The van der Waals surface area contributed by atoms with E-state index in [9.17, 15) is 5.11 Å². The van der Waals surface area contributed by atoms with Crippen LogP contribution in [0.4, 0.5) is 0 Å². The highest BCUT2D eigenvalue weighted by Gasteiger charge is 2.80. The zero-order valence-corrected chi connectivity index (χ0v) is 14.1. The highest BCUT2D eigenvalue weighted by Crippen LogP contribution is 2.84. The standard InChI is InChI=1S/C21H29NO/c23-21(17-7-3-1-4-8-17,9-12-22-10-5-2-6-11-22)20-15-16-13-18(20)19(20)14-16/h1,3-4,7-8,16,18-19,23H,2,5-6,9-15H2. The minimum atomic E-state index is -0.591. The fourth-order valence-electron chi connectivity index (χ4n) is 6.76. The number of benzene rings is 1. The van der Waals surface area contributed by atoms with Crippen LogP contribution >= 0.6 is 0 Å². The summed E-state index contributed by atoms with van der Waals surface area (Å²) in [6.07, 6.45) is 9.05. The average Bonchev–Trinajstić information content (AvgIpc) is 3.07. The third-order valence-electron chi connectivity index (χ3n) is 7.76. The summed E-state index contributed by atoms with van der Waals surface area (Å²) in [6.45, 7) is 3.53. The molecular formula is C21H29NO. The summed E-state index contributed by atoms with van der Waals surface area (Å²) >= 11 is 0. The van der Waals surface area contributed by atoms with Crippen molar-refractivity contribution in [3.05, 3.63) is 35.9 Å². The van der Waals surface area contributed by atoms with Gasteiger partial charge in [-0.15, -0.1) is 0 Å². The van der Waals surface area contributed by atoms with Crippen molar-refractivity contribution < 1.29 is 5.11 Å². The SMILES string of the molecule is OC(CCN1CCCCC1)(c1ccccc1)C12CC3CC1C2C3. The van der Waals surface area contributed by atoms with E-state index in [2.05, 4.69) is 35.2 Å². The molecule has 4 saturated carbocycles. The number of rotatable bonds is 5. The molecule has 1 aliphatic heterocycles. The van der Waals surface area contributed by atoms with E-state index in [-0.39, 0.29) is 5.41 Å². The summed E-state index contributed by atoms with van der Waals surface area (Å²) in [5.41, 5.74) is 0.827. The van der Waals surface area contributed by atoms with E-state index in [4.69, 9.17) is 0 Å². The lowest BCUT2D eigenvalue weighted by Gasteiger charge is -2.39. The Hall–Kier alpha value is -0.860. The van der Waals surface area contributed by atoms with E-state index < -0.39 is 5.60 Å². The molecule has 6 rings (SSSR count). The van der Waals surface area contributed by atoms with Crippen molar-refractivity contribution in [2.45, 2.75) is 50.5 Å². The molecule has 1 saturated heterocycles. The Kier molecular flexibility index (Phi) is 3.19. The molecule has 1 heterocycles. The Balaban J connectivity index is 1.43. The molecule has 4 bridgehead atoms. The van der Waals surface area contributed by atoms with Gasteiger partial charge in [-0.25, -0.2) is 0 Å². The average molecular weight is 311 g/mol. The van der Waals surface area contributed by atoms with Crippen molar-refractivity contribution >= 4 is 0 Å². The summed E-state index contributed by atoms with van der Waals surface area (Å²) < 4.78 is 0. The second-order valence-corrected chi connectivity index (χ2v) is 8.67.